The molecule has 1 aromatic carbocycles. The number of hydrogen-bond donors (Lipinski definition) is 1. The van der Waals surface area contributed by atoms with Crippen LogP contribution < -0.4 is 5.32 Å². The average molecular weight is 217 g/mol. The van der Waals surface area contributed by atoms with Crippen molar-refractivity contribution in [1.29, 1.82) is 0 Å². The molecule has 0 aromatic heterocycles. The maximum absolute atomic E-state index is 3.50. The second-order valence-electron chi connectivity index (χ2n) is 5.37. The van der Waals surface area contributed by atoms with Crippen LogP contribution in [0.5, 0.6) is 0 Å². The smallest absolute Gasteiger partial charge is 0.000824 e. The lowest BCUT2D eigenvalue weighted by Gasteiger charge is -2.08. The van der Waals surface area contributed by atoms with Crippen molar-refractivity contribution in [3.63, 3.8) is 0 Å². The van der Waals surface area contributed by atoms with Crippen LogP contribution in [0.2, 0.25) is 0 Å². The SMILES string of the molecule is CC(C)CNCCc1cccc(C2CC2)c1. The minimum Gasteiger partial charge on any atom is -0.316 e. The zero-order valence-electron chi connectivity index (χ0n) is 10.5. The normalized spacial score (nSPS) is 15.7. The Bertz CT molecular complexity index is 326. The molecule has 88 valence electrons. The first-order valence-corrected chi connectivity index (χ1v) is 6.55. The Morgan fingerprint density at radius 1 is 1.31 bits per heavy atom. The summed E-state index contributed by atoms with van der Waals surface area (Å²) in [5, 5.41) is 3.50. The summed E-state index contributed by atoms with van der Waals surface area (Å²) < 4.78 is 0. The fraction of sp³-hybridized carbons (Fsp3) is 0.600. The molecule has 0 heterocycles. The van der Waals surface area contributed by atoms with Crippen LogP contribution in [-0.2, 0) is 6.42 Å². The molecule has 1 aromatic rings. The summed E-state index contributed by atoms with van der Waals surface area (Å²) >= 11 is 0. The summed E-state index contributed by atoms with van der Waals surface area (Å²) in [6, 6.07) is 9.14. The van der Waals surface area contributed by atoms with Crippen molar-refractivity contribution in [2.75, 3.05) is 13.1 Å². The van der Waals surface area contributed by atoms with Gasteiger partial charge >= 0.3 is 0 Å². The van der Waals surface area contributed by atoms with Gasteiger partial charge in [0.1, 0.15) is 0 Å². The lowest BCUT2D eigenvalue weighted by atomic mass is 10.1. The van der Waals surface area contributed by atoms with E-state index < -0.39 is 0 Å². The lowest BCUT2D eigenvalue weighted by Crippen LogP contribution is -2.22. The van der Waals surface area contributed by atoms with Gasteiger partial charge in [-0.2, -0.15) is 0 Å². The highest BCUT2D eigenvalue weighted by molar-refractivity contribution is 5.29. The maximum atomic E-state index is 3.50. The highest BCUT2D eigenvalue weighted by Gasteiger charge is 2.23. The highest BCUT2D eigenvalue weighted by atomic mass is 14.8. The van der Waals surface area contributed by atoms with Gasteiger partial charge in [0.05, 0.1) is 0 Å². The van der Waals surface area contributed by atoms with Crippen molar-refractivity contribution in [2.45, 2.75) is 39.0 Å². The Kier molecular flexibility index (Phi) is 4.00. The molecule has 0 unspecified atom stereocenters. The Hall–Kier alpha value is -0.820. The lowest BCUT2D eigenvalue weighted by molar-refractivity contribution is 0.554. The standard InChI is InChI=1S/C15H23N/c1-12(2)11-16-9-8-13-4-3-5-15(10-13)14-6-7-14/h3-5,10,12,14,16H,6-9,11H2,1-2H3. The maximum Gasteiger partial charge on any atom is -0.000824 e. The molecule has 0 spiro atoms. The predicted octanol–water partition coefficient (Wildman–Crippen LogP) is 3.35. The van der Waals surface area contributed by atoms with Crippen LogP contribution >= 0.6 is 0 Å². The Morgan fingerprint density at radius 2 is 2.12 bits per heavy atom. The van der Waals surface area contributed by atoms with Crippen LogP contribution in [0.3, 0.4) is 0 Å². The second kappa shape index (κ2) is 5.49. The van der Waals surface area contributed by atoms with Crippen LogP contribution in [0.25, 0.3) is 0 Å². The van der Waals surface area contributed by atoms with Gasteiger partial charge in [0, 0.05) is 0 Å². The number of rotatable bonds is 6. The molecule has 0 bridgehead atoms. The van der Waals surface area contributed by atoms with Crippen molar-refractivity contribution < 1.29 is 0 Å². The summed E-state index contributed by atoms with van der Waals surface area (Å²) in [4.78, 5) is 0. The van der Waals surface area contributed by atoms with Crippen molar-refractivity contribution >= 4 is 0 Å². The quantitative estimate of drug-likeness (QED) is 0.721. The summed E-state index contributed by atoms with van der Waals surface area (Å²) in [5.41, 5.74) is 3.04. The molecule has 0 saturated heterocycles. The Labute approximate surface area is 99.3 Å². The molecule has 1 fully saturated rings. The van der Waals surface area contributed by atoms with Crippen LogP contribution in [-0.4, -0.2) is 13.1 Å². The van der Waals surface area contributed by atoms with Crippen molar-refractivity contribution in [3.8, 4) is 0 Å². The van der Waals surface area contributed by atoms with Crippen LogP contribution in [0.1, 0.15) is 43.7 Å². The predicted molar refractivity (Wildman–Crippen MR) is 69.8 cm³/mol. The van der Waals surface area contributed by atoms with Gasteiger partial charge in [-0.25, -0.2) is 0 Å². The van der Waals surface area contributed by atoms with Gasteiger partial charge in [-0.15, -0.1) is 0 Å². The molecule has 16 heavy (non-hydrogen) atoms. The summed E-state index contributed by atoms with van der Waals surface area (Å²) in [6.45, 7) is 6.73. The highest BCUT2D eigenvalue weighted by Crippen LogP contribution is 2.40. The van der Waals surface area contributed by atoms with Crippen LogP contribution in [0.15, 0.2) is 24.3 Å². The van der Waals surface area contributed by atoms with E-state index in [9.17, 15) is 0 Å². The minimum atomic E-state index is 0.748. The molecule has 1 heteroatoms. The summed E-state index contributed by atoms with van der Waals surface area (Å²) in [7, 11) is 0. The first kappa shape index (κ1) is 11.7. The first-order valence-electron chi connectivity index (χ1n) is 6.55. The van der Waals surface area contributed by atoms with Crippen molar-refractivity contribution in [1.82, 2.24) is 5.32 Å². The van der Waals surface area contributed by atoms with Gasteiger partial charge in [-0.05, 0) is 55.3 Å². The van der Waals surface area contributed by atoms with Gasteiger partial charge in [-0.3, -0.25) is 0 Å². The van der Waals surface area contributed by atoms with Gasteiger partial charge in [0.15, 0.2) is 0 Å². The molecule has 0 atom stereocenters. The minimum absolute atomic E-state index is 0.748. The molecule has 0 amide bonds. The van der Waals surface area contributed by atoms with E-state index >= 15 is 0 Å². The number of nitrogens with one attached hydrogen (secondary N) is 1. The largest absolute Gasteiger partial charge is 0.316 e. The third-order valence-electron chi connectivity index (χ3n) is 3.14. The average Bonchev–Trinajstić information content (AvgIpc) is 3.08. The fourth-order valence-corrected chi connectivity index (χ4v) is 2.04. The van der Waals surface area contributed by atoms with Gasteiger partial charge < -0.3 is 5.32 Å². The van der Waals surface area contributed by atoms with E-state index in [0.717, 1.165) is 31.3 Å². The molecule has 1 nitrogen and oxygen atoms in total. The molecule has 1 saturated carbocycles. The van der Waals surface area contributed by atoms with Crippen molar-refractivity contribution in [2.24, 2.45) is 5.92 Å². The van der Waals surface area contributed by atoms with E-state index in [2.05, 4.69) is 43.4 Å². The fourth-order valence-electron chi connectivity index (χ4n) is 2.04. The van der Waals surface area contributed by atoms with Crippen LogP contribution in [0.4, 0.5) is 0 Å². The van der Waals surface area contributed by atoms with Gasteiger partial charge in [0.25, 0.3) is 0 Å². The monoisotopic (exact) mass is 217 g/mol. The van der Waals surface area contributed by atoms with E-state index in [1.807, 2.05) is 0 Å². The molecule has 1 aliphatic rings. The summed E-state index contributed by atoms with van der Waals surface area (Å²) in [5.74, 6) is 1.63. The molecular weight excluding hydrogens is 194 g/mol. The summed E-state index contributed by atoms with van der Waals surface area (Å²) in [6.07, 6.45) is 3.96. The van der Waals surface area contributed by atoms with Crippen LogP contribution in [0, 0.1) is 5.92 Å². The second-order valence-corrected chi connectivity index (χ2v) is 5.37. The Balaban J connectivity index is 1.77. The molecule has 1 N–H and O–H groups in total. The molecule has 0 radical (unpaired) electrons. The zero-order valence-corrected chi connectivity index (χ0v) is 10.5. The van der Waals surface area contributed by atoms with E-state index in [0.29, 0.717) is 0 Å². The topological polar surface area (TPSA) is 12.0 Å². The third-order valence-corrected chi connectivity index (χ3v) is 3.14. The molecule has 2 rings (SSSR count). The Morgan fingerprint density at radius 3 is 2.81 bits per heavy atom. The van der Waals surface area contributed by atoms with E-state index in [-0.39, 0.29) is 0 Å². The van der Waals surface area contributed by atoms with E-state index in [1.165, 1.54) is 18.4 Å². The van der Waals surface area contributed by atoms with Gasteiger partial charge in [0.2, 0.25) is 0 Å². The molecule has 1 aliphatic carbocycles. The number of hydrogen-bond acceptors (Lipinski definition) is 1. The molecular formula is C15H23N. The van der Waals surface area contributed by atoms with E-state index in [4.69, 9.17) is 0 Å². The molecule has 0 aliphatic heterocycles. The van der Waals surface area contributed by atoms with Gasteiger partial charge in [-0.1, -0.05) is 38.1 Å². The third kappa shape index (κ3) is 3.64. The zero-order chi connectivity index (χ0) is 11.4. The van der Waals surface area contributed by atoms with E-state index in [1.54, 1.807) is 5.56 Å². The number of benzene rings is 1. The van der Waals surface area contributed by atoms with Crippen molar-refractivity contribution in [3.05, 3.63) is 35.4 Å². The first-order chi connectivity index (χ1) is 7.75.